The third-order valence-electron chi connectivity index (χ3n) is 4.82. The van der Waals surface area contributed by atoms with E-state index >= 15 is 0 Å². The Morgan fingerprint density at radius 2 is 1.79 bits per heavy atom. The second-order valence-corrected chi connectivity index (χ2v) is 7.72. The first-order valence-electron chi connectivity index (χ1n) is 10.1. The summed E-state index contributed by atoms with van der Waals surface area (Å²) in [6.07, 6.45) is 1.37. The molecule has 34 heavy (non-hydrogen) atoms. The minimum atomic E-state index is -1.08. The lowest BCUT2D eigenvalue weighted by Crippen LogP contribution is -2.13. The van der Waals surface area contributed by atoms with Crippen LogP contribution >= 0.6 is 11.6 Å². The Bertz CT molecular complexity index is 1280. The molecular weight excluding hydrogens is 456 g/mol. The number of rotatable bonds is 8. The molecule has 7 nitrogen and oxygen atoms in total. The van der Waals surface area contributed by atoms with Gasteiger partial charge in [0.25, 0.3) is 5.91 Å². The van der Waals surface area contributed by atoms with Crippen LogP contribution in [0.2, 0.25) is 5.02 Å². The van der Waals surface area contributed by atoms with Crippen molar-refractivity contribution in [2.45, 2.75) is 13.5 Å². The molecule has 3 aromatic rings. The standard InChI is InChI=1S/C26H21ClN2O5/c1-16-3-5-17(6-4-16)15-34-24-22(27)12-18(13-23(24)33-2)11-20(14-28)25(30)29-21-9-7-19(8-10-21)26(31)32/h3-13H,15H2,1-2H3,(H,29,30)(H,31,32)/b20-11+. The first-order valence-corrected chi connectivity index (χ1v) is 10.5. The highest BCUT2D eigenvalue weighted by atomic mass is 35.5. The van der Waals surface area contributed by atoms with Crippen molar-refractivity contribution in [3.05, 3.63) is 93.5 Å². The van der Waals surface area contributed by atoms with Crippen LogP contribution in [0.1, 0.15) is 27.0 Å². The van der Waals surface area contributed by atoms with E-state index in [4.69, 9.17) is 26.2 Å². The largest absolute Gasteiger partial charge is 0.493 e. The number of benzene rings is 3. The van der Waals surface area contributed by atoms with Crippen LogP contribution in [0.5, 0.6) is 11.5 Å². The molecule has 172 valence electrons. The Balaban J connectivity index is 1.78. The van der Waals surface area contributed by atoms with E-state index in [1.165, 1.54) is 37.5 Å². The van der Waals surface area contributed by atoms with Crippen molar-refractivity contribution in [3.63, 3.8) is 0 Å². The van der Waals surface area contributed by atoms with Gasteiger partial charge in [-0.2, -0.15) is 5.26 Å². The van der Waals surface area contributed by atoms with Gasteiger partial charge in [-0.25, -0.2) is 4.79 Å². The summed E-state index contributed by atoms with van der Waals surface area (Å²) in [7, 11) is 1.47. The predicted octanol–water partition coefficient (Wildman–Crippen LogP) is 5.48. The summed E-state index contributed by atoms with van der Waals surface area (Å²) >= 11 is 6.42. The van der Waals surface area contributed by atoms with Crippen LogP contribution in [-0.2, 0) is 11.4 Å². The fourth-order valence-electron chi connectivity index (χ4n) is 3.01. The average Bonchev–Trinajstić information content (AvgIpc) is 2.82. The van der Waals surface area contributed by atoms with Crippen molar-refractivity contribution in [1.82, 2.24) is 0 Å². The molecule has 0 fully saturated rings. The highest BCUT2D eigenvalue weighted by molar-refractivity contribution is 6.32. The Hall–Kier alpha value is -4.28. The number of anilines is 1. The first-order chi connectivity index (χ1) is 16.3. The summed E-state index contributed by atoms with van der Waals surface area (Å²) in [6, 6.07) is 18.5. The fraction of sp³-hybridized carbons (Fsp3) is 0.115. The zero-order valence-electron chi connectivity index (χ0n) is 18.5. The highest BCUT2D eigenvalue weighted by Gasteiger charge is 2.15. The molecule has 0 aliphatic carbocycles. The van der Waals surface area contributed by atoms with Gasteiger partial charge in [0.2, 0.25) is 0 Å². The number of halogens is 1. The summed E-state index contributed by atoms with van der Waals surface area (Å²) in [6.45, 7) is 2.29. The molecular formula is C26H21ClN2O5. The molecule has 0 bridgehead atoms. The Morgan fingerprint density at radius 3 is 2.38 bits per heavy atom. The maximum atomic E-state index is 12.5. The van der Waals surface area contributed by atoms with E-state index < -0.39 is 11.9 Å². The van der Waals surface area contributed by atoms with E-state index in [2.05, 4.69) is 5.32 Å². The molecule has 3 aromatic carbocycles. The number of hydrogen-bond donors (Lipinski definition) is 2. The molecule has 8 heteroatoms. The number of nitrogens with zero attached hydrogens (tertiary/aromatic N) is 1. The number of amides is 1. The number of methoxy groups -OCH3 is 1. The minimum Gasteiger partial charge on any atom is -0.493 e. The Morgan fingerprint density at radius 1 is 1.12 bits per heavy atom. The molecule has 0 aliphatic rings. The van der Waals surface area contributed by atoms with Crippen molar-refractivity contribution in [3.8, 4) is 17.6 Å². The van der Waals surface area contributed by atoms with Crippen molar-refractivity contribution in [2.75, 3.05) is 12.4 Å². The second-order valence-electron chi connectivity index (χ2n) is 7.31. The zero-order chi connectivity index (χ0) is 24.7. The van der Waals surface area contributed by atoms with E-state index in [1.54, 1.807) is 12.1 Å². The van der Waals surface area contributed by atoms with E-state index in [0.29, 0.717) is 22.7 Å². The zero-order valence-corrected chi connectivity index (χ0v) is 19.2. The molecule has 0 saturated carbocycles. The number of aromatic carboxylic acids is 1. The predicted molar refractivity (Wildman–Crippen MR) is 129 cm³/mol. The van der Waals surface area contributed by atoms with Crippen LogP contribution in [0.15, 0.2) is 66.2 Å². The normalized spacial score (nSPS) is 10.8. The molecule has 0 unspecified atom stereocenters. The van der Waals surface area contributed by atoms with Gasteiger partial charge in [-0.1, -0.05) is 41.4 Å². The molecule has 0 aromatic heterocycles. The molecule has 2 N–H and O–H groups in total. The van der Waals surface area contributed by atoms with Crippen LogP contribution in [-0.4, -0.2) is 24.1 Å². The van der Waals surface area contributed by atoms with Crippen LogP contribution in [0, 0.1) is 18.3 Å². The van der Waals surface area contributed by atoms with E-state index in [0.717, 1.165) is 11.1 Å². The fourth-order valence-corrected chi connectivity index (χ4v) is 3.29. The van der Waals surface area contributed by atoms with Gasteiger partial charge < -0.3 is 19.9 Å². The monoisotopic (exact) mass is 476 g/mol. The topological polar surface area (TPSA) is 109 Å². The lowest BCUT2D eigenvalue weighted by Gasteiger charge is -2.14. The second kappa shape index (κ2) is 11.0. The van der Waals surface area contributed by atoms with Gasteiger partial charge >= 0.3 is 5.97 Å². The number of hydrogen-bond acceptors (Lipinski definition) is 5. The van der Waals surface area contributed by atoms with Crippen molar-refractivity contribution in [1.29, 1.82) is 5.26 Å². The van der Waals surface area contributed by atoms with Gasteiger partial charge in [0.15, 0.2) is 11.5 Å². The van der Waals surface area contributed by atoms with Gasteiger partial charge in [-0.15, -0.1) is 0 Å². The molecule has 0 heterocycles. The average molecular weight is 477 g/mol. The number of carboxylic acid groups (broad SMARTS) is 1. The number of carbonyl (C=O) groups excluding carboxylic acids is 1. The SMILES string of the molecule is COc1cc(/C=C(\C#N)C(=O)Nc2ccc(C(=O)O)cc2)cc(Cl)c1OCc1ccc(C)cc1. The van der Waals surface area contributed by atoms with Crippen LogP contribution in [0.3, 0.4) is 0 Å². The summed E-state index contributed by atoms with van der Waals surface area (Å²) in [4.78, 5) is 23.5. The van der Waals surface area contributed by atoms with Crippen LogP contribution in [0.4, 0.5) is 5.69 Å². The summed E-state index contributed by atoms with van der Waals surface area (Å²) in [5.41, 5.74) is 2.84. The number of nitriles is 1. The summed E-state index contributed by atoms with van der Waals surface area (Å²) < 4.78 is 11.3. The number of carboxylic acids is 1. The maximum absolute atomic E-state index is 12.5. The first kappa shape index (κ1) is 24.4. The van der Waals surface area contributed by atoms with Gasteiger partial charge in [0, 0.05) is 5.69 Å². The van der Waals surface area contributed by atoms with E-state index in [-0.39, 0.29) is 22.8 Å². The number of carbonyl (C=O) groups is 2. The van der Waals surface area contributed by atoms with Crippen LogP contribution in [0.25, 0.3) is 6.08 Å². The Kier molecular flexibility index (Phi) is 7.91. The van der Waals surface area contributed by atoms with Gasteiger partial charge in [0.05, 0.1) is 17.7 Å². The lowest BCUT2D eigenvalue weighted by atomic mass is 10.1. The van der Waals surface area contributed by atoms with Crippen molar-refractivity contribution >= 4 is 35.2 Å². The highest BCUT2D eigenvalue weighted by Crippen LogP contribution is 2.37. The third kappa shape index (κ3) is 6.15. The maximum Gasteiger partial charge on any atom is 0.335 e. The van der Waals surface area contributed by atoms with Crippen molar-refractivity contribution < 1.29 is 24.2 Å². The molecule has 0 spiro atoms. The molecule has 3 rings (SSSR count). The smallest absolute Gasteiger partial charge is 0.335 e. The van der Waals surface area contributed by atoms with Crippen molar-refractivity contribution in [2.24, 2.45) is 0 Å². The number of aryl methyl sites for hydroxylation is 1. The molecule has 0 aliphatic heterocycles. The quantitative estimate of drug-likeness (QED) is 0.329. The molecule has 0 saturated heterocycles. The molecule has 0 radical (unpaired) electrons. The number of ether oxygens (including phenoxy) is 2. The van der Waals surface area contributed by atoms with E-state index in [1.807, 2.05) is 37.3 Å². The summed E-state index contributed by atoms with van der Waals surface area (Å²) in [5, 5.41) is 21.3. The van der Waals surface area contributed by atoms with Gasteiger partial charge in [-0.05, 0) is 60.5 Å². The Labute approximate surface area is 201 Å². The van der Waals surface area contributed by atoms with Crippen LogP contribution < -0.4 is 14.8 Å². The minimum absolute atomic E-state index is 0.0838. The number of nitrogens with one attached hydrogen (secondary N) is 1. The third-order valence-corrected chi connectivity index (χ3v) is 5.10. The molecule has 0 atom stereocenters. The summed E-state index contributed by atoms with van der Waals surface area (Å²) in [5.74, 6) is -1.02. The lowest BCUT2D eigenvalue weighted by molar-refractivity contribution is -0.112. The molecule has 1 amide bonds. The van der Waals surface area contributed by atoms with Gasteiger partial charge in [0.1, 0.15) is 18.2 Å². The van der Waals surface area contributed by atoms with E-state index in [9.17, 15) is 14.9 Å². The van der Waals surface area contributed by atoms with Gasteiger partial charge in [-0.3, -0.25) is 4.79 Å².